The summed E-state index contributed by atoms with van der Waals surface area (Å²) in [6, 6.07) is 68.4. The van der Waals surface area contributed by atoms with Gasteiger partial charge in [-0.25, -0.2) is 8.78 Å². The van der Waals surface area contributed by atoms with Crippen LogP contribution in [0.5, 0.6) is 46.0 Å². The van der Waals surface area contributed by atoms with Crippen LogP contribution in [0.1, 0.15) is 94.3 Å². The van der Waals surface area contributed by atoms with Crippen molar-refractivity contribution < 1.29 is 106 Å². The van der Waals surface area contributed by atoms with Crippen LogP contribution in [0.15, 0.2) is 288 Å². The van der Waals surface area contributed by atoms with E-state index in [-0.39, 0.29) is 76.6 Å². The van der Waals surface area contributed by atoms with Gasteiger partial charge in [0.25, 0.3) is 0 Å². The molecule has 0 aliphatic carbocycles. The van der Waals surface area contributed by atoms with Gasteiger partial charge in [-0.05, 0) is 255 Å². The molecule has 0 saturated carbocycles. The van der Waals surface area contributed by atoms with Gasteiger partial charge >= 0.3 is 24.6 Å². The van der Waals surface area contributed by atoms with Crippen LogP contribution in [0.25, 0.3) is 84.9 Å². The van der Waals surface area contributed by atoms with Gasteiger partial charge in [0.05, 0.1) is 44.6 Å². The van der Waals surface area contributed by atoms with Gasteiger partial charge in [-0.2, -0.15) is 38.4 Å². The molecule has 0 bridgehead atoms. The molecule has 0 saturated heterocycles. The van der Waals surface area contributed by atoms with Crippen LogP contribution >= 0.6 is 56.9 Å². The predicted octanol–water partition coefficient (Wildman–Crippen LogP) is 24.6. The number of phenolic OH excluding ortho intramolecular Hbond substituents is 4. The summed E-state index contributed by atoms with van der Waals surface area (Å²) in [4.78, 5) is 121. The van der Waals surface area contributed by atoms with Crippen LogP contribution in [0.4, 0.5) is 8.78 Å². The second-order valence-corrected chi connectivity index (χ2v) is 32.1. The molecular formula is C102H73ClF2O20S4. The van der Waals surface area contributed by atoms with Gasteiger partial charge < -0.3 is 39.4 Å². The molecule has 0 unspecified atom stereocenters. The molecule has 4 aromatic heterocycles. The van der Waals surface area contributed by atoms with E-state index in [4.69, 9.17) is 68.9 Å². The lowest BCUT2D eigenvalue weighted by molar-refractivity contribution is -0.193. The molecule has 0 spiro atoms. The van der Waals surface area contributed by atoms with Crippen LogP contribution in [0.3, 0.4) is 0 Å². The van der Waals surface area contributed by atoms with Crippen molar-refractivity contribution in [3.63, 3.8) is 0 Å². The highest BCUT2D eigenvalue weighted by Crippen LogP contribution is 2.48. The van der Waals surface area contributed by atoms with E-state index < -0.39 is 5.82 Å². The molecular weight excluding hydrogens is 1750 g/mol. The topological polar surface area (TPSA) is 323 Å². The number of halogens is 3. The molecule has 12 aromatic carbocycles. The average Bonchev–Trinajstić information content (AvgIpc) is 1.64. The molecule has 0 aliphatic heterocycles. The van der Waals surface area contributed by atoms with Gasteiger partial charge in [0, 0.05) is 89.9 Å². The number of rotatable bonds is 20. The van der Waals surface area contributed by atoms with Gasteiger partial charge in [-0.3, -0.25) is 19.2 Å². The summed E-state index contributed by atoms with van der Waals surface area (Å²) in [5.74, 6) is 1.96. The van der Waals surface area contributed by atoms with Gasteiger partial charge in [-0.1, -0.05) is 117 Å². The fourth-order valence-electron chi connectivity index (χ4n) is 14.0. The number of aryl methyl sites for hydroxylation is 6. The molecule has 0 fully saturated rings. The quantitative estimate of drug-likeness (QED) is 0.0407. The van der Waals surface area contributed by atoms with E-state index in [1.54, 1.807) is 93.6 Å². The Balaban J connectivity index is 0.000000186. The van der Waals surface area contributed by atoms with Crippen molar-refractivity contribution in [3.8, 4) is 90.5 Å². The van der Waals surface area contributed by atoms with E-state index in [0.29, 0.717) is 86.5 Å². The Hall–Kier alpha value is -15.8. The molecule has 27 heteroatoms. The van der Waals surface area contributed by atoms with Crippen LogP contribution in [-0.4, -0.2) is 68.2 Å². The number of hydrogen-bond acceptors (Lipinski definition) is 24. The fourth-order valence-corrected chi connectivity index (χ4v) is 19.1. The zero-order valence-corrected chi connectivity index (χ0v) is 73.3. The van der Waals surface area contributed by atoms with Crippen LogP contribution in [0, 0.1) is 53.2 Å². The lowest BCUT2D eigenvalue weighted by Gasteiger charge is -2.11. The van der Waals surface area contributed by atoms with E-state index in [0.717, 1.165) is 102 Å². The maximum atomic E-state index is 13.8. The fraction of sp³-hybridized carbons (Fsp3) is 0.0588. The highest BCUT2D eigenvalue weighted by atomic mass is 35.5. The average molecular weight is 1820 g/mol. The lowest BCUT2D eigenvalue weighted by atomic mass is 9.94. The Morgan fingerprint density at radius 1 is 0.310 bits per heavy atom. The van der Waals surface area contributed by atoms with E-state index in [2.05, 4.69) is 26.3 Å². The maximum absolute atomic E-state index is 13.8. The van der Waals surface area contributed by atoms with Crippen molar-refractivity contribution in [2.45, 2.75) is 41.5 Å². The summed E-state index contributed by atoms with van der Waals surface area (Å²) < 4.78 is 52.1. The van der Waals surface area contributed by atoms with Crippen LogP contribution in [0.2, 0.25) is 5.02 Å². The van der Waals surface area contributed by atoms with Crippen molar-refractivity contribution in [2.75, 3.05) is 0 Å². The zero-order chi connectivity index (χ0) is 93.9. The number of carbonyl (C=O) groups is 4. The van der Waals surface area contributed by atoms with E-state index in [1.807, 2.05) is 160 Å². The van der Waals surface area contributed by atoms with Crippen molar-refractivity contribution in [1.29, 1.82) is 0 Å². The molecule has 16 rings (SSSR count). The summed E-state index contributed by atoms with van der Waals surface area (Å²) in [5.41, 5.74) is 13.4. The number of carbonyl (C=O) groups excluding carboxylic acids is 12. The monoisotopic (exact) mass is 1820 g/mol. The first-order valence-electron chi connectivity index (χ1n) is 38.0. The third kappa shape index (κ3) is 23.6. The Morgan fingerprint density at radius 2 is 0.566 bits per heavy atom. The number of hydrogen-bond donors (Lipinski definition) is 4. The molecule has 129 heavy (non-hydrogen) atoms. The summed E-state index contributed by atoms with van der Waals surface area (Å²) in [5, 5.41) is 43.8. The number of fused-ring (bicyclic) bond motifs is 4. The smallest absolute Gasteiger partial charge is 0.373 e. The summed E-state index contributed by atoms with van der Waals surface area (Å²) >= 11 is 11.6. The molecule has 0 atom stereocenters. The largest absolute Gasteiger partial charge is 0.508 e. The molecule has 4 heterocycles. The third-order valence-electron chi connectivity index (χ3n) is 19.3. The Bertz CT molecular complexity index is 6760. The van der Waals surface area contributed by atoms with Gasteiger partial charge in [0.15, 0.2) is 0 Å². The Labute approximate surface area is 757 Å². The van der Waals surface area contributed by atoms with Crippen molar-refractivity contribution in [2.24, 2.45) is 0 Å². The van der Waals surface area contributed by atoms with Crippen LogP contribution in [-0.2, 0) is 38.4 Å². The molecule has 4 N–H and O–H groups in total. The minimum Gasteiger partial charge on any atom is -0.508 e. The minimum atomic E-state index is -0.454. The first-order valence-corrected chi connectivity index (χ1v) is 41.7. The second kappa shape index (κ2) is 45.7. The van der Waals surface area contributed by atoms with E-state index in [9.17, 15) is 48.4 Å². The van der Waals surface area contributed by atoms with Crippen molar-refractivity contribution in [3.05, 3.63) is 380 Å². The molecule has 0 amide bonds. The highest BCUT2D eigenvalue weighted by molar-refractivity contribution is 7.23. The number of aromatic hydroxyl groups is 4. The molecule has 20 nitrogen and oxygen atoms in total. The molecule has 16 aromatic rings. The van der Waals surface area contributed by atoms with Crippen molar-refractivity contribution in [1.82, 2.24) is 0 Å². The number of ether oxygens (including phenoxy) is 4. The first kappa shape index (κ1) is 97.0. The highest BCUT2D eigenvalue weighted by Gasteiger charge is 2.29. The number of ketones is 4. The summed E-state index contributed by atoms with van der Waals surface area (Å²) in [6.45, 7) is 25.2. The number of phenols is 4. The lowest BCUT2D eigenvalue weighted by Crippen LogP contribution is -2.06. The predicted molar refractivity (Wildman–Crippen MR) is 492 cm³/mol. The minimum absolute atomic E-state index is 0.0137. The maximum Gasteiger partial charge on any atom is 0.373 e. The SMILES string of the molecule is C=COc1ccc(-c2c(C(=O)c3c(C)cc(Cl)cc3C)sc3cc(O)ccc23)cc1.C=COc1ccc(-c2c(C(=O)c3c(C)cc(F)cc3C)sc3cc(O)ccc23)cc1.C=COc1ccc(-c2c(C(=O)c3cc(F)ccc3C)sc3cc(O)ccc23)cc1.C=COc1ccc(-c2c(C(=O)c3ccccc3C)sc3cc(O)ccc23)cc1.O=C=O.O=C=O.O=C=O.O=C=O. The van der Waals surface area contributed by atoms with Gasteiger partial charge in [0.1, 0.15) is 57.6 Å². The Morgan fingerprint density at radius 3 is 0.845 bits per heavy atom. The molecule has 0 aliphatic rings. The van der Waals surface area contributed by atoms with Gasteiger partial charge in [-0.15, -0.1) is 45.3 Å². The normalized spacial score (nSPS) is 10.1. The number of benzene rings is 12. The van der Waals surface area contributed by atoms with Crippen LogP contribution < -0.4 is 18.9 Å². The Kier molecular flexibility index (Phi) is 34.4. The second-order valence-electron chi connectivity index (χ2n) is 27.4. The summed E-state index contributed by atoms with van der Waals surface area (Å²) in [7, 11) is 0. The first-order chi connectivity index (χ1) is 62.0. The standard InChI is InChI=1S/C25H19ClO3S.C25H19FO3S.C24H17FO3S.C24H18O3S.4CO2/c2*1-4-29-19-8-5-16(6-9-19)23-20-10-7-18(27)13-21(20)30-25(23)24(28)22-14(2)11-17(26)12-15(22)3;1-3-28-18-9-5-15(6-10-18)22-19-11-8-17(26)13-21(19)29-24(22)23(27)20-12-16(25)7-4-14(20)2;1-3-27-18-11-8-16(9-12-18)22-20-13-10-17(25)14-21(20)28-24(22)23(26)19-7-5-4-6-15(19)2;4*2-1-3/h2*4-13,27H,1H2,2-3H3;3-13,26H,1H2,2H3;3-14,25H,1H2,2H3;;;;. The van der Waals surface area contributed by atoms with Crippen molar-refractivity contribution >= 4 is 145 Å². The third-order valence-corrected chi connectivity index (χ3v) is 24.1. The molecule has 0 radical (unpaired) electrons. The van der Waals surface area contributed by atoms with Gasteiger partial charge in [0.2, 0.25) is 23.1 Å². The van der Waals surface area contributed by atoms with E-state index >= 15 is 0 Å². The zero-order valence-electron chi connectivity index (χ0n) is 69.2. The van der Waals surface area contributed by atoms with E-state index in [1.165, 1.54) is 94.7 Å². The molecule has 646 valence electrons. The summed E-state index contributed by atoms with van der Waals surface area (Å²) in [6.07, 6.45) is 6.45. The number of thiophene rings is 4.